The van der Waals surface area contributed by atoms with Gasteiger partial charge >= 0.3 is 0 Å². The van der Waals surface area contributed by atoms with Gasteiger partial charge in [0, 0.05) is 0 Å². The minimum absolute atomic E-state index is 1.49. The monoisotopic (exact) mass is 154 g/mol. The van der Waals surface area contributed by atoms with E-state index in [1.54, 1.807) is 23.5 Å². The molecular formula is C6H6N2OS. The molecule has 2 heterocycles. The van der Waals surface area contributed by atoms with Crippen LogP contribution in [-0.2, 0) is 0 Å². The number of nitrogens with zero attached hydrogens (tertiary/aromatic N) is 2. The molecule has 2 aromatic rings. The van der Waals surface area contributed by atoms with E-state index < -0.39 is 0 Å². The molecule has 2 aromatic heterocycles. The average molecular weight is 154 g/mol. The van der Waals surface area contributed by atoms with Crippen molar-refractivity contribution in [1.82, 2.24) is 10.2 Å². The zero-order chi connectivity index (χ0) is 7.07. The van der Waals surface area contributed by atoms with E-state index in [1.807, 2.05) is 12.1 Å². The summed E-state index contributed by atoms with van der Waals surface area (Å²) in [6, 6.07) is 3.67. The molecule has 0 unspecified atom stereocenters. The van der Waals surface area contributed by atoms with Crippen molar-refractivity contribution in [2.75, 3.05) is 0 Å². The van der Waals surface area contributed by atoms with Crippen LogP contribution in [0.15, 0.2) is 40.1 Å². The van der Waals surface area contributed by atoms with Gasteiger partial charge < -0.3 is 4.42 Å². The van der Waals surface area contributed by atoms with E-state index in [0.717, 1.165) is 0 Å². The molecule has 0 bridgehead atoms. The molecule has 0 amide bonds. The van der Waals surface area contributed by atoms with Gasteiger partial charge in [-0.1, -0.05) is 0 Å². The number of aromatic nitrogens is 2. The fourth-order valence-electron chi connectivity index (χ4n) is 0.363. The SMILES string of the molecule is c1ccoc1.c1nncs1. The number of furan rings is 1. The van der Waals surface area contributed by atoms with Gasteiger partial charge in [-0.2, -0.15) is 0 Å². The van der Waals surface area contributed by atoms with Crippen LogP contribution in [0.4, 0.5) is 0 Å². The Morgan fingerprint density at radius 1 is 1.00 bits per heavy atom. The largest absolute Gasteiger partial charge is 0.473 e. The topological polar surface area (TPSA) is 38.9 Å². The molecule has 0 aromatic carbocycles. The third kappa shape index (κ3) is 2.99. The predicted octanol–water partition coefficient (Wildman–Crippen LogP) is 1.82. The predicted molar refractivity (Wildman–Crippen MR) is 38.6 cm³/mol. The van der Waals surface area contributed by atoms with Crippen molar-refractivity contribution in [2.45, 2.75) is 0 Å². The Hall–Kier alpha value is -1.16. The van der Waals surface area contributed by atoms with Crippen LogP contribution in [-0.4, -0.2) is 10.2 Å². The molecule has 0 fully saturated rings. The van der Waals surface area contributed by atoms with Crippen molar-refractivity contribution in [3.63, 3.8) is 0 Å². The highest BCUT2D eigenvalue weighted by Gasteiger charge is 1.60. The summed E-state index contributed by atoms with van der Waals surface area (Å²) in [5.74, 6) is 0. The van der Waals surface area contributed by atoms with Gasteiger partial charge in [0.25, 0.3) is 0 Å². The fourth-order valence-corrected chi connectivity index (χ4v) is 0.635. The van der Waals surface area contributed by atoms with Gasteiger partial charge in [-0.3, -0.25) is 0 Å². The van der Waals surface area contributed by atoms with Crippen LogP contribution >= 0.6 is 11.3 Å². The van der Waals surface area contributed by atoms with E-state index in [9.17, 15) is 0 Å². The molecule has 52 valence electrons. The van der Waals surface area contributed by atoms with E-state index in [1.165, 1.54) is 11.3 Å². The zero-order valence-electron chi connectivity index (χ0n) is 5.18. The minimum Gasteiger partial charge on any atom is -0.473 e. The number of hydrogen-bond acceptors (Lipinski definition) is 4. The van der Waals surface area contributed by atoms with Crippen molar-refractivity contribution < 1.29 is 4.42 Å². The molecule has 0 saturated heterocycles. The quantitative estimate of drug-likeness (QED) is 0.581. The maximum Gasteiger partial charge on any atom is 0.103 e. The van der Waals surface area contributed by atoms with Crippen LogP contribution < -0.4 is 0 Å². The molecular weight excluding hydrogens is 148 g/mol. The van der Waals surface area contributed by atoms with Crippen molar-refractivity contribution in [1.29, 1.82) is 0 Å². The van der Waals surface area contributed by atoms with Crippen molar-refractivity contribution in [3.8, 4) is 0 Å². The maximum atomic E-state index is 4.58. The average Bonchev–Trinajstić information content (AvgIpc) is 2.67. The van der Waals surface area contributed by atoms with Crippen LogP contribution in [0.1, 0.15) is 0 Å². The Balaban J connectivity index is 0.0000001000. The summed E-state index contributed by atoms with van der Waals surface area (Å²) in [5, 5.41) is 6.98. The van der Waals surface area contributed by atoms with Gasteiger partial charge in [0.2, 0.25) is 0 Å². The second-order valence-corrected chi connectivity index (χ2v) is 2.06. The summed E-state index contributed by atoms with van der Waals surface area (Å²) in [4.78, 5) is 0. The third-order valence-corrected chi connectivity index (χ3v) is 1.14. The Kier molecular flexibility index (Phi) is 3.26. The molecule has 0 N–H and O–H groups in total. The lowest BCUT2D eigenvalue weighted by molar-refractivity contribution is 0.567. The van der Waals surface area contributed by atoms with Gasteiger partial charge in [-0.15, -0.1) is 21.5 Å². The lowest BCUT2D eigenvalue weighted by Gasteiger charge is -1.50. The fraction of sp³-hybridized carbons (Fsp3) is 0. The normalized spacial score (nSPS) is 8.00. The Bertz CT molecular complexity index is 155. The Morgan fingerprint density at radius 2 is 1.60 bits per heavy atom. The van der Waals surface area contributed by atoms with Crippen LogP contribution in [0.5, 0.6) is 0 Å². The summed E-state index contributed by atoms with van der Waals surface area (Å²) in [7, 11) is 0. The lowest BCUT2D eigenvalue weighted by atomic mass is 10.7. The third-order valence-electron chi connectivity index (χ3n) is 0.708. The molecule has 2 rings (SSSR count). The Morgan fingerprint density at radius 3 is 1.80 bits per heavy atom. The molecule has 0 aliphatic carbocycles. The van der Waals surface area contributed by atoms with E-state index in [4.69, 9.17) is 0 Å². The minimum atomic E-state index is 1.49. The second-order valence-electron chi connectivity index (χ2n) is 1.37. The van der Waals surface area contributed by atoms with Crippen LogP contribution in [0, 0.1) is 0 Å². The molecule has 0 aliphatic rings. The highest BCUT2D eigenvalue weighted by Crippen LogP contribution is 1.80. The summed E-state index contributed by atoms with van der Waals surface area (Å²) < 4.78 is 4.58. The van der Waals surface area contributed by atoms with E-state index >= 15 is 0 Å². The van der Waals surface area contributed by atoms with Crippen LogP contribution in [0.3, 0.4) is 0 Å². The molecule has 0 atom stereocenters. The molecule has 0 aliphatic heterocycles. The molecule has 4 heteroatoms. The summed E-state index contributed by atoms with van der Waals surface area (Å²) in [6.07, 6.45) is 3.25. The Labute approximate surface area is 62.3 Å². The first-order valence-electron chi connectivity index (χ1n) is 2.66. The smallest absolute Gasteiger partial charge is 0.103 e. The van der Waals surface area contributed by atoms with Crippen molar-refractivity contribution >= 4 is 11.3 Å². The van der Waals surface area contributed by atoms with Gasteiger partial charge in [0.05, 0.1) is 12.5 Å². The molecule has 0 saturated carbocycles. The van der Waals surface area contributed by atoms with Gasteiger partial charge in [0.1, 0.15) is 11.0 Å². The summed E-state index contributed by atoms with van der Waals surface area (Å²) >= 11 is 1.49. The first-order valence-corrected chi connectivity index (χ1v) is 3.60. The number of hydrogen-bond donors (Lipinski definition) is 0. The first-order chi connectivity index (χ1) is 5.00. The lowest BCUT2D eigenvalue weighted by Crippen LogP contribution is -1.53. The molecule has 3 nitrogen and oxygen atoms in total. The van der Waals surface area contributed by atoms with E-state index in [-0.39, 0.29) is 0 Å². The van der Waals surface area contributed by atoms with E-state index in [0.29, 0.717) is 0 Å². The highest BCUT2D eigenvalue weighted by atomic mass is 32.1. The summed E-state index contributed by atoms with van der Waals surface area (Å²) in [5.41, 5.74) is 3.36. The van der Waals surface area contributed by atoms with Crippen molar-refractivity contribution in [3.05, 3.63) is 35.7 Å². The highest BCUT2D eigenvalue weighted by molar-refractivity contribution is 7.07. The maximum absolute atomic E-state index is 4.58. The molecule has 0 radical (unpaired) electrons. The van der Waals surface area contributed by atoms with Crippen molar-refractivity contribution in [2.24, 2.45) is 0 Å². The number of rotatable bonds is 0. The first kappa shape index (κ1) is 6.95. The van der Waals surface area contributed by atoms with Gasteiger partial charge in [0.15, 0.2) is 0 Å². The second kappa shape index (κ2) is 4.69. The van der Waals surface area contributed by atoms with Crippen LogP contribution in [0.2, 0.25) is 0 Å². The molecule has 10 heavy (non-hydrogen) atoms. The van der Waals surface area contributed by atoms with Crippen LogP contribution in [0.25, 0.3) is 0 Å². The van der Waals surface area contributed by atoms with E-state index in [2.05, 4.69) is 14.6 Å². The standard InChI is InChI=1S/C4H4O.C2H2N2S/c1-2-4-5-3-1;1-3-4-2-5-1/h1-4H;1-2H. The van der Waals surface area contributed by atoms with Gasteiger partial charge in [-0.25, -0.2) is 0 Å². The zero-order valence-corrected chi connectivity index (χ0v) is 5.99. The summed E-state index contributed by atoms with van der Waals surface area (Å²) in [6.45, 7) is 0. The molecule has 0 spiro atoms. The van der Waals surface area contributed by atoms with Gasteiger partial charge in [-0.05, 0) is 12.1 Å².